The highest BCUT2D eigenvalue weighted by atomic mass is 16.5. The molecule has 39 heavy (non-hydrogen) atoms. The van der Waals surface area contributed by atoms with Crippen molar-refractivity contribution in [1.82, 2.24) is 21.3 Å². The van der Waals surface area contributed by atoms with Gasteiger partial charge in [0.2, 0.25) is 0 Å². The lowest BCUT2D eigenvalue weighted by atomic mass is 9.52. The van der Waals surface area contributed by atoms with Crippen molar-refractivity contribution in [3.8, 4) is 0 Å². The van der Waals surface area contributed by atoms with Crippen LogP contribution in [0.25, 0.3) is 0 Å². The van der Waals surface area contributed by atoms with Crippen LogP contribution in [0.1, 0.15) is 91.9 Å². The molecule has 0 aromatic heterocycles. The molecule has 216 valence electrons. The van der Waals surface area contributed by atoms with Crippen molar-refractivity contribution >= 4 is 5.97 Å². The van der Waals surface area contributed by atoms with E-state index in [4.69, 9.17) is 9.47 Å². The molecule has 4 aliphatic carbocycles. The summed E-state index contributed by atoms with van der Waals surface area (Å²) in [6, 6.07) is 0.955. The van der Waals surface area contributed by atoms with Crippen LogP contribution in [0.2, 0.25) is 0 Å². The van der Waals surface area contributed by atoms with Crippen LogP contribution >= 0.6 is 0 Å². The number of allylic oxidation sites excluding steroid dienone is 1. The van der Waals surface area contributed by atoms with Gasteiger partial charge in [-0.2, -0.15) is 0 Å². The Morgan fingerprint density at radius 1 is 1.15 bits per heavy atom. The highest BCUT2D eigenvalue weighted by Gasteiger charge is 2.59. The Morgan fingerprint density at radius 3 is 2.82 bits per heavy atom. The number of hydrazine groups is 2. The Hall–Kier alpha value is -1.57. The van der Waals surface area contributed by atoms with Crippen molar-refractivity contribution in [3.05, 3.63) is 23.0 Å². The predicted molar refractivity (Wildman–Crippen MR) is 151 cm³/mol. The Kier molecular flexibility index (Phi) is 6.41. The minimum absolute atomic E-state index is 0.0375. The van der Waals surface area contributed by atoms with E-state index < -0.39 is 0 Å². The summed E-state index contributed by atoms with van der Waals surface area (Å²) in [6.45, 7) is 11.1. The molecular formula is C32H50N4O3. The third-order valence-electron chi connectivity index (χ3n) is 13.0. The lowest BCUT2D eigenvalue weighted by Crippen LogP contribution is -2.52. The van der Waals surface area contributed by atoms with E-state index >= 15 is 0 Å². The minimum Gasteiger partial charge on any atom is -0.464 e. The van der Waals surface area contributed by atoms with E-state index in [1.807, 2.05) is 11.8 Å². The average molecular weight is 539 g/mol. The number of carbonyl (C=O) groups is 1. The molecule has 5 fully saturated rings. The summed E-state index contributed by atoms with van der Waals surface area (Å²) in [6.07, 6.45) is 14.9. The quantitative estimate of drug-likeness (QED) is 0.344. The number of hydrogen-bond donors (Lipinski definition) is 3. The smallest absolute Gasteiger partial charge is 0.357 e. The monoisotopic (exact) mass is 538 g/mol. The van der Waals surface area contributed by atoms with Crippen LogP contribution in [0, 0.1) is 40.9 Å². The van der Waals surface area contributed by atoms with E-state index in [-0.39, 0.29) is 11.6 Å². The zero-order valence-electron chi connectivity index (χ0n) is 24.7. The van der Waals surface area contributed by atoms with E-state index in [1.165, 1.54) is 64.9 Å². The van der Waals surface area contributed by atoms with Crippen LogP contribution in [-0.4, -0.2) is 48.4 Å². The zero-order valence-corrected chi connectivity index (χ0v) is 24.7. The molecule has 7 rings (SSSR count). The van der Waals surface area contributed by atoms with Crippen LogP contribution in [0.3, 0.4) is 0 Å². The van der Waals surface area contributed by atoms with E-state index in [2.05, 4.69) is 49.0 Å². The molecular weight excluding hydrogens is 488 g/mol. The highest BCUT2D eigenvalue weighted by Crippen LogP contribution is 2.65. The summed E-state index contributed by atoms with van der Waals surface area (Å²) < 4.78 is 12.0. The molecule has 7 heteroatoms. The van der Waals surface area contributed by atoms with E-state index in [9.17, 15) is 4.79 Å². The largest absolute Gasteiger partial charge is 0.464 e. The van der Waals surface area contributed by atoms with Crippen molar-refractivity contribution in [1.29, 1.82) is 0 Å². The third-order valence-corrected chi connectivity index (χ3v) is 13.0. The van der Waals surface area contributed by atoms with Gasteiger partial charge in [0.05, 0.1) is 18.8 Å². The predicted octanol–water partition coefficient (Wildman–Crippen LogP) is 4.82. The summed E-state index contributed by atoms with van der Waals surface area (Å²) in [7, 11) is 1.43. The highest BCUT2D eigenvalue weighted by molar-refractivity contribution is 5.87. The normalized spacial score (nSPS) is 49.0. The molecule has 3 heterocycles. The summed E-state index contributed by atoms with van der Waals surface area (Å²) in [5.41, 5.74) is 10.7. The number of methoxy groups -OCH3 is 1. The number of nitrogens with zero attached hydrogens (tertiary/aromatic N) is 1. The Balaban J connectivity index is 1.08. The molecule has 1 spiro atoms. The van der Waals surface area contributed by atoms with Gasteiger partial charge in [-0.05, 0) is 113 Å². The second-order valence-corrected chi connectivity index (χ2v) is 14.8. The second kappa shape index (κ2) is 9.49. The minimum atomic E-state index is -0.317. The zero-order chi connectivity index (χ0) is 27.1. The number of esters is 1. The van der Waals surface area contributed by atoms with Gasteiger partial charge in [0.15, 0.2) is 5.70 Å². The number of piperidine rings is 1. The summed E-state index contributed by atoms with van der Waals surface area (Å²) in [5.74, 6) is 4.17. The van der Waals surface area contributed by atoms with Crippen molar-refractivity contribution in [2.24, 2.45) is 40.9 Å². The van der Waals surface area contributed by atoms with Crippen LogP contribution < -0.4 is 16.3 Å². The van der Waals surface area contributed by atoms with Crippen molar-refractivity contribution in [3.63, 3.8) is 0 Å². The number of fused-ring (bicyclic) bond motifs is 6. The molecule has 7 aliphatic rings. The fourth-order valence-electron chi connectivity index (χ4n) is 10.8. The fourth-order valence-corrected chi connectivity index (χ4v) is 10.8. The number of nitrogens with one attached hydrogen (secondary N) is 3. The Labute approximate surface area is 234 Å². The maximum absolute atomic E-state index is 12.0. The first-order valence-electron chi connectivity index (χ1n) is 15.9. The van der Waals surface area contributed by atoms with Gasteiger partial charge in [0, 0.05) is 24.2 Å². The molecule has 0 aromatic carbocycles. The van der Waals surface area contributed by atoms with Gasteiger partial charge >= 0.3 is 5.97 Å². The number of carbonyl (C=O) groups excluding carboxylic acids is 1. The van der Waals surface area contributed by atoms with Gasteiger partial charge in [0.25, 0.3) is 0 Å². The number of rotatable bonds is 2. The Morgan fingerprint density at radius 2 is 2.00 bits per heavy atom. The number of ether oxygens (including phenoxy) is 2. The molecule has 2 saturated heterocycles. The molecule has 0 amide bonds. The lowest BCUT2D eigenvalue weighted by Gasteiger charge is -2.55. The van der Waals surface area contributed by atoms with Gasteiger partial charge in [-0.25, -0.2) is 4.79 Å². The topological polar surface area (TPSA) is 74.9 Å². The van der Waals surface area contributed by atoms with Gasteiger partial charge in [0.1, 0.15) is 0 Å². The molecule has 0 aromatic rings. The van der Waals surface area contributed by atoms with Gasteiger partial charge < -0.3 is 14.8 Å². The Bertz CT molecular complexity index is 1070. The molecule has 0 radical (unpaired) electrons. The average Bonchev–Trinajstić information content (AvgIpc) is 3.60. The first kappa shape index (κ1) is 26.3. The molecule has 7 nitrogen and oxygen atoms in total. The molecule has 11 atom stereocenters. The van der Waals surface area contributed by atoms with Crippen LogP contribution in [0.5, 0.6) is 0 Å². The summed E-state index contributed by atoms with van der Waals surface area (Å²) >= 11 is 0. The van der Waals surface area contributed by atoms with Crippen molar-refractivity contribution < 1.29 is 14.3 Å². The van der Waals surface area contributed by atoms with Gasteiger partial charge in [-0.15, -0.1) is 5.53 Å². The molecule has 0 unspecified atom stereocenters. The molecule has 3 aliphatic heterocycles. The maximum Gasteiger partial charge on any atom is 0.357 e. The standard InChI is InChI=1S/C32H50N4O3/c1-18-12-28-29(33-16-18)20(3)32(39-28)11-9-23-24-7-6-21-13-22(36-17-27(34-35-36)30(37)38-5)8-10-31(21,4)26(24)14-25(23)19(2)15-32/h17-18,20-24,26,28-29,33-35H,6-16H2,1-5H3/t18-,20+,21+,22-,23-,24-,26-,28+,29-,31-,32-/m0/s1. The van der Waals surface area contributed by atoms with E-state index in [1.54, 1.807) is 5.57 Å². The first-order valence-corrected chi connectivity index (χ1v) is 15.9. The first-order chi connectivity index (χ1) is 18.7. The summed E-state index contributed by atoms with van der Waals surface area (Å²) in [4.78, 5) is 12.0. The van der Waals surface area contributed by atoms with Crippen molar-refractivity contribution in [2.45, 2.75) is 116 Å². The van der Waals surface area contributed by atoms with E-state index in [0.29, 0.717) is 41.1 Å². The third kappa shape index (κ3) is 4.04. The maximum atomic E-state index is 12.0. The lowest BCUT2D eigenvalue weighted by molar-refractivity contribution is -0.136. The number of hydrogen-bond acceptors (Lipinski definition) is 7. The second-order valence-electron chi connectivity index (χ2n) is 14.8. The summed E-state index contributed by atoms with van der Waals surface area (Å²) in [5, 5.41) is 6.00. The van der Waals surface area contributed by atoms with Crippen molar-refractivity contribution in [2.75, 3.05) is 13.7 Å². The molecule has 3 saturated carbocycles. The molecule has 3 N–H and O–H groups in total. The van der Waals surface area contributed by atoms with Gasteiger partial charge in [-0.3, -0.25) is 10.4 Å². The van der Waals surface area contributed by atoms with Crippen LogP contribution in [0.4, 0.5) is 0 Å². The van der Waals surface area contributed by atoms with E-state index in [0.717, 1.165) is 36.6 Å². The van der Waals surface area contributed by atoms with Gasteiger partial charge in [-0.1, -0.05) is 31.9 Å². The SMILES string of the molecule is COC(=O)C1=CN([C@H]2CC[C@@]3(C)[C@H](CC[C@H]4[C@@H]5CC[C@@]6(CC(C)=C5C[C@@H]43)O[C@@H]3C[C@H](C)CN[C@H]3[C@H]6C)C2)NN1. The molecule has 0 bridgehead atoms. The fraction of sp³-hybridized carbons (Fsp3) is 0.844. The van der Waals surface area contributed by atoms with Crippen LogP contribution in [0.15, 0.2) is 23.0 Å². The van der Waals surface area contributed by atoms with Crippen LogP contribution in [-0.2, 0) is 14.3 Å².